The van der Waals surface area contributed by atoms with Gasteiger partial charge in [-0.3, -0.25) is 0 Å². The highest BCUT2D eigenvalue weighted by Gasteiger charge is 2.41. The summed E-state index contributed by atoms with van der Waals surface area (Å²) in [7, 11) is 0. The summed E-state index contributed by atoms with van der Waals surface area (Å²) in [5.41, 5.74) is 12.7. The van der Waals surface area contributed by atoms with E-state index < -0.39 is 11.9 Å². The van der Waals surface area contributed by atoms with Crippen LogP contribution >= 0.6 is 0 Å². The Kier molecular flexibility index (Phi) is 6.90. The number of benzene rings is 2. The molecule has 2 aromatic carbocycles. The van der Waals surface area contributed by atoms with E-state index in [1.54, 1.807) is 62.4 Å². The SMILES string of the molecule is CCOC(C)(Oc1ccc(N)cc1)OC(C)(OCC)Oc1ccc(N)cc1. The van der Waals surface area contributed by atoms with Crippen LogP contribution in [0.5, 0.6) is 11.5 Å². The van der Waals surface area contributed by atoms with Gasteiger partial charge in [0.05, 0.1) is 13.2 Å². The summed E-state index contributed by atoms with van der Waals surface area (Å²) < 4.78 is 29.3. The third-order valence-electron chi connectivity index (χ3n) is 3.55. The van der Waals surface area contributed by atoms with Gasteiger partial charge in [-0.05, 0) is 62.4 Å². The van der Waals surface area contributed by atoms with Gasteiger partial charge < -0.3 is 30.4 Å². The molecule has 2 atom stereocenters. The quantitative estimate of drug-likeness (QED) is 0.481. The van der Waals surface area contributed by atoms with E-state index in [2.05, 4.69) is 0 Å². The van der Waals surface area contributed by atoms with Crippen LogP contribution in [0.1, 0.15) is 27.7 Å². The van der Waals surface area contributed by atoms with Crippen molar-refractivity contribution in [3.05, 3.63) is 48.5 Å². The molecule has 0 aromatic heterocycles. The van der Waals surface area contributed by atoms with Crippen LogP contribution in [0.25, 0.3) is 0 Å². The van der Waals surface area contributed by atoms with Gasteiger partial charge >= 0.3 is 11.9 Å². The Morgan fingerprint density at radius 1 is 0.667 bits per heavy atom. The predicted octanol–water partition coefficient (Wildman–Crippen LogP) is 3.75. The maximum absolute atomic E-state index is 6.02. The van der Waals surface area contributed by atoms with Crippen molar-refractivity contribution in [1.29, 1.82) is 0 Å². The second-order valence-corrected chi connectivity index (χ2v) is 6.04. The van der Waals surface area contributed by atoms with Crippen molar-refractivity contribution >= 4 is 11.4 Å². The molecule has 0 aliphatic carbocycles. The molecule has 0 radical (unpaired) electrons. The molecular weight excluding hydrogens is 348 g/mol. The Labute approximate surface area is 160 Å². The van der Waals surface area contributed by atoms with Gasteiger partial charge in [0.15, 0.2) is 0 Å². The summed E-state index contributed by atoms with van der Waals surface area (Å²) in [6.07, 6.45) is 0. The summed E-state index contributed by atoms with van der Waals surface area (Å²) in [6, 6.07) is 13.8. The zero-order valence-electron chi connectivity index (χ0n) is 16.2. The second-order valence-electron chi connectivity index (χ2n) is 6.04. The lowest BCUT2D eigenvalue weighted by Gasteiger charge is -2.38. The number of anilines is 2. The standard InChI is InChI=1S/C20H28N2O5/c1-5-23-19(3,25-17-11-7-15(21)8-12-17)27-20(4,24-6-2)26-18-13-9-16(22)10-14-18/h7-14H,5-6,21-22H2,1-4H3. The minimum atomic E-state index is -1.46. The van der Waals surface area contributed by atoms with Gasteiger partial charge in [0.2, 0.25) is 0 Å². The molecule has 148 valence electrons. The van der Waals surface area contributed by atoms with E-state index in [9.17, 15) is 0 Å². The summed E-state index contributed by atoms with van der Waals surface area (Å²) in [4.78, 5) is 0. The van der Waals surface area contributed by atoms with Crippen molar-refractivity contribution in [2.75, 3.05) is 24.7 Å². The van der Waals surface area contributed by atoms with Crippen molar-refractivity contribution in [2.24, 2.45) is 0 Å². The maximum Gasteiger partial charge on any atom is 0.328 e. The van der Waals surface area contributed by atoms with E-state index in [0.717, 1.165) is 0 Å². The third-order valence-corrected chi connectivity index (χ3v) is 3.55. The molecule has 0 aliphatic heterocycles. The Morgan fingerprint density at radius 2 is 1.00 bits per heavy atom. The molecule has 0 heterocycles. The molecule has 0 fully saturated rings. The average Bonchev–Trinajstić information content (AvgIpc) is 2.59. The molecule has 0 amide bonds. The minimum absolute atomic E-state index is 0.357. The van der Waals surface area contributed by atoms with E-state index in [-0.39, 0.29) is 0 Å². The van der Waals surface area contributed by atoms with Gasteiger partial charge in [-0.2, -0.15) is 0 Å². The molecule has 7 heteroatoms. The predicted molar refractivity (Wildman–Crippen MR) is 104 cm³/mol. The van der Waals surface area contributed by atoms with Crippen LogP contribution in [0.4, 0.5) is 11.4 Å². The Hall–Kier alpha value is -2.48. The molecule has 27 heavy (non-hydrogen) atoms. The molecule has 0 bridgehead atoms. The van der Waals surface area contributed by atoms with Crippen LogP contribution in [0.15, 0.2) is 48.5 Å². The maximum atomic E-state index is 6.02. The zero-order valence-corrected chi connectivity index (χ0v) is 16.2. The van der Waals surface area contributed by atoms with Crippen LogP contribution in [0.3, 0.4) is 0 Å². The number of ether oxygens (including phenoxy) is 5. The number of rotatable bonds is 10. The highest BCUT2D eigenvalue weighted by molar-refractivity contribution is 5.42. The van der Waals surface area contributed by atoms with Crippen LogP contribution in [0.2, 0.25) is 0 Å². The van der Waals surface area contributed by atoms with Gasteiger partial charge in [0, 0.05) is 25.2 Å². The van der Waals surface area contributed by atoms with Gasteiger partial charge in [-0.1, -0.05) is 0 Å². The topological polar surface area (TPSA) is 98.2 Å². The Balaban J connectivity index is 2.21. The van der Waals surface area contributed by atoms with E-state index in [0.29, 0.717) is 36.1 Å². The van der Waals surface area contributed by atoms with Gasteiger partial charge in [-0.25, -0.2) is 4.74 Å². The number of nitrogen functional groups attached to an aromatic ring is 2. The minimum Gasteiger partial charge on any atom is -0.439 e. The molecule has 4 N–H and O–H groups in total. The average molecular weight is 376 g/mol. The molecule has 0 spiro atoms. The highest BCUT2D eigenvalue weighted by Crippen LogP contribution is 2.30. The fraction of sp³-hybridized carbons (Fsp3) is 0.400. The largest absolute Gasteiger partial charge is 0.439 e. The first-order chi connectivity index (χ1) is 12.8. The van der Waals surface area contributed by atoms with E-state index in [4.69, 9.17) is 35.2 Å². The molecule has 0 saturated heterocycles. The first kappa shape index (κ1) is 20.8. The van der Waals surface area contributed by atoms with Crippen LogP contribution in [0, 0.1) is 0 Å². The smallest absolute Gasteiger partial charge is 0.328 e. The van der Waals surface area contributed by atoms with Crippen molar-refractivity contribution in [1.82, 2.24) is 0 Å². The molecular formula is C20H28N2O5. The summed E-state index contributed by atoms with van der Waals surface area (Å²) in [5, 5.41) is 0. The molecule has 0 aliphatic rings. The molecule has 0 saturated carbocycles. The van der Waals surface area contributed by atoms with Gasteiger partial charge in [0.1, 0.15) is 11.5 Å². The van der Waals surface area contributed by atoms with Crippen molar-refractivity contribution < 1.29 is 23.7 Å². The van der Waals surface area contributed by atoms with Gasteiger partial charge in [0.25, 0.3) is 0 Å². The van der Waals surface area contributed by atoms with E-state index in [1.165, 1.54) is 0 Å². The zero-order chi connectivity index (χ0) is 19.9. The van der Waals surface area contributed by atoms with Crippen LogP contribution < -0.4 is 20.9 Å². The molecule has 2 aromatic rings. The van der Waals surface area contributed by atoms with Crippen molar-refractivity contribution in [3.63, 3.8) is 0 Å². The summed E-state index contributed by atoms with van der Waals surface area (Å²) in [6.45, 7) is 7.69. The fourth-order valence-electron chi connectivity index (χ4n) is 2.52. The van der Waals surface area contributed by atoms with E-state index in [1.807, 2.05) is 13.8 Å². The highest BCUT2D eigenvalue weighted by atomic mass is 17.0. The molecule has 2 unspecified atom stereocenters. The lowest BCUT2D eigenvalue weighted by molar-refractivity contribution is -0.457. The fourth-order valence-corrected chi connectivity index (χ4v) is 2.52. The van der Waals surface area contributed by atoms with E-state index >= 15 is 0 Å². The first-order valence-electron chi connectivity index (χ1n) is 8.84. The lowest BCUT2D eigenvalue weighted by atomic mass is 10.3. The van der Waals surface area contributed by atoms with Crippen LogP contribution in [-0.4, -0.2) is 25.2 Å². The lowest BCUT2D eigenvalue weighted by Crippen LogP contribution is -2.51. The van der Waals surface area contributed by atoms with Crippen molar-refractivity contribution in [2.45, 2.75) is 39.6 Å². The number of hydrogen-bond acceptors (Lipinski definition) is 7. The first-order valence-corrected chi connectivity index (χ1v) is 8.84. The molecule has 7 nitrogen and oxygen atoms in total. The summed E-state index contributed by atoms with van der Waals surface area (Å²) >= 11 is 0. The number of hydrogen-bond donors (Lipinski definition) is 2. The Bertz CT molecular complexity index is 646. The monoisotopic (exact) mass is 376 g/mol. The summed E-state index contributed by atoms with van der Waals surface area (Å²) in [5.74, 6) is -1.84. The number of nitrogens with two attached hydrogens (primary N) is 2. The molecule has 2 rings (SSSR count). The second kappa shape index (κ2) is 8.94. The Morgan fingerprint density at radius 3 is 1.30 bits per heavy atom. The third kappa shape index (κ3) is 6.32. The van der Waals surface area contributed by atoms with Crippen molar-refractivity contribution in [3.8, 4) is 11.5 Å². The van der Waals surface area contributed by atoms with Gasteiger partial charge in [-0.15, -0.1) is 0 Å². The normalized spacial score (nSPS) is 15.6. The van der Waals surface area contributed by atoms with Crippen LogP contribution in [-0.2, 0) is 14.2 Å².